The van der Waals surface area contributed by atoms with Crippen LogP contribution in [0.25, 0.3) is 0 Å². The molecular weight excluding hydrogens is 435 g/mol. The molecule has 0 atom stereocenters. The van der Waals surface area contributed by atoms with E-state index in [9.17, 15) is 17.6 Å². The molecule has 1 amide bonds. The molecule has 0 radical (unpaired) electrons. The minimum atomic E-state index is -3.82. The molecule has 7 nitrogen and oxygen atoms in total. The predicted octanol–water partition coefficient (Wildman–Crippen LogP) is 3.68. The van der Waals surface area contributed by atoms with Crippen LogP contribution in [-0.4, -0.2) is 56.9 Å². The van der Waals surface area contributed by atoms with Crippen molar-refractivity contribution in [2.75, 3.05) is 27.3 Å². The first-order valence-electron chi connectivity index (χ1n) is 10.6. The second-order valence-corrected chi connectivity index (χ2v) is 9.51. The highest BCUT2D eigenvalue weighted by Gasteiger charge is 2.35. The molecule has 3 rings (SSSR count). The van der Waals surface area contributed by atoms with Crippen molar-refractivity contribution in [1.29, 1.82) is 0 Å². The first kappa shape index (κ1) is 24.0. The lowest BCUT2D eigenvalue weighted by Gasteiger charge is -2.25. The van der Waals surface area contributed by atoms with Crippen LogP contribution in [0.3, 0.4) is 0 Å². The van der Waals surface area contributed by atoms with Crippen molar-refractivity contribution in [2.45, 2.75) is 44.2 Å². The molecule has 0 spiro atoms. The molecule has 0 N–H and O–H groups in total. The van der Waals surface area contributed by atoms with Gasteiger partial charge in [0.1, 0.15) is 17.3 Å². The molecule has 2 aromatic carbocycles. The second kappa shape index (κ2) is 9.87. The SMILES string of the molecule is CCN(CC)S(=O)(=O)c1ccc(F)c(C(=O)N(Cc2cc(OC)ccc2OC)C2CC2)c1. The molecule has 1 aliphatic carbocycles. The molecule has 174 valence electrons. The van der Waals surface area contributed by atoms with E-state index in [4.69, 9.17) is 9.47 Å². The Morgan fingerprint density at radius 2 is 1.75 bits per heavy atom. The van der Waals surface area contributed by atoms with Crippen molar-refractivity contribution >= 4 is 15.9 Å². The second-order valence-electron chi connectivity index (χ2n) is 7.57. The van der Waals surface area contributed by atoms with Gasteiger partial charge in [-0.05, 0) is 49.2 Å². The van der Waals surface area contributed by atoms with Gasteiger partial charge in [-0.2, -0.15) is 4.31 Å². The monoisotopic (exact) mass is 464 g/mol. The maximum Gasteiger partial charge on any atom is 0.257 e. The molecule has 0 heterocycles. The summed E-state index contributed by atoms with van der Waals surface area (Å²) in [4.78, 5) is 14.9. The smallest absolute Gasteiger partial charge is 0.257 e. The van der Waals surface area contributed by atoms with Crippen LogP contribution in [0.5, 0.6) is 11.5 Å². The lowest BCUT2D eigenvalue weighted by molar-refractivity contribution is 0.0723. The van der Waals surface area contributed by atoms with Gasteiger partial charge < -0.3 is 14.4 Å². The summed E-state index contributed by atoms with van der Waals surface area (Å²) in [6.45, 7) is 4.21. The number of carbonyl (C=O) groups is 1. The number of ether oxygens (including phenoxy) is 2. The van der Waals surface area contributed by atoms with Gasteiger partial charge in [-0.1, -0.05) is 13.8 Å². The third-order valence-electron chi connectivity index (χ3n) is 5.59. The van der Waals surface area contributed by atoms with Crippen molar-refractivity contribution in [3.63, 3.8) is 0 Å². The number of nitrogens with zero attached hydrogens (tertiary/aromatic N) is 2. The summed E-state index contributed by atoms with van der Waals surface area (Å²) >= 11 is 0. The summed E-state index contributed by atoms with van der Waals surface area (Å²) < 4.78 is 52.5. The number of halogens is 1. The molecule has 1 fully saturated rings. The zero-order chi connectivity index (χ0) is 23.5. The average molecular weight is 465 g/mol. The Labute approximate surface area is 188 Å². The quantitative estimate of drug-likeness (QED) is 0.536. The van der Waals surface area contributed by atoms with E-state index in [1.807, 2.05) is 0 Å². The molecular formula is C23H29FN2O5S. The van der Waals surface area contributed by atoms with Gasteiger partial charge in [0.05, 0.1) is 31.2 Å². The van der Waals surface area contributed by atoms with Crippen LogP contribution in [-0.2, 0) is 16.6 Å². The summed E-state index contributed by atoms with van der Waals surface area (Å²) in [6.07, 6.45) is 1.61. The minimum absolute atomic E-state index is 0.0409. The molecule has 0 aliphatic heterocycles. The number of benzene rings is 2. The van der Waals surface area contributed by atoms with E-state index in [1.165, 1.54) is 17.5 Å². The summed E-state index contributed by atoms with van der Waals surface area (Å²) in [5.41, 5.74) is 0.464. The van der Waals surface area contributed by atoms with Crippen LogP contribution in [0.2, 0.25) is 0 Å². The zero-order valence-electron chi connectivity index (χ0n) is 18.8. The first-order chi connectivity index (χ1) is 15.3. The van der Waals surface area contributed by atoms with Crippen LogP contribution in [0, 0.1) is 5.82 Å². The highest BCUT2D eigenvalue weighted by atomic mass is 32.2. The molecule has 0 bridgehead atoms. The Kier molecular flexibility index (Phi) is 7.40. The van der Waals surface area contributed by atoms with Crippen LogP contribution < -0.4 is 9.47 Å². The lowest BCUT2D eigenvalue weighted by atomic mass is 10.1. The molecule has 9 heteroatoms. The Morgan fingerprint density at radius 1 is 1.06 bits per heavy atom. The van der Waals surface area contributed by atoms with E-state index < -0.39 is 21.7 Å². The number of rotatable bonds is 10. The predicted molar refractivity (Wildman–Crippen MR) is 119 cm³/mol. The summed E-state index contributed by atoms with van der Waals surface area (Å²) in [7, 11) is -0.738. The Morgan fingerprint density at radius 3 is 2.31 bits per heavy atom. The standard InChI is InChI=1S/C23H29FN2O5S/c1-5-25(6-2)32(28,29)19-10-11-21(24)20(14-19)23(27)26(17-7-8-17)15-16-13-18(30-3)9-12-22(16)31-4/h9-14,17H,5-8,15H2,1-4H3. The van der Waals surface area contributed by atoms with Gasteiger partial charge >= 0.3 is 0 Å². The van der Waals surface area contributed by atoms with Gasteiger partial charge in [0.2, 0.25) is 10.0 Å². The fraction of sp³-hybridized carbons (Fsp3) is 0.435. The van der Waals surface area contributed by atoms with Gasteiger partial charge in [0.15, 0.2) is 0 Å². The van der Waals surface area contributed by atoms with E-state index in [1.54, 1.807) is 44.1 Å². The normalized spacial score (nSPS) is 13.8. The fourth-order valence-corrected chi connectivity index (χ4v) is 5.12. The molecule has 1 aliphatic rings. The maximum atomic E-state index is 14.7. The molecule has 0 saturated heterocycles. The third kappa shape index (κ3) is 4.88. The maximum absolute atomic E-state index is 14.7. The highest BCUT2D eigenvalue weighted by Crippen LogP contribution is 2.34. The Hall–Kier alpha value is -2.65. The third-order valence-corrected chi connectivity index (χ3v) is 7.63. The number of hydrogen-bond acceptors (Lipinski definition) is 5. The average Bonchev–Trinajstić information content (AvgIpc) is 3.63. The fourth-order valence-electron chi connectivity index (χ4n) is 3.64. The topological polar surface area (TPSA) is 76.2 Å². The number of sulfonamides is 1. The van der Waals surface area contributed by atoms with E-state index in [0.29, 0.717) is 11.5 Å². The van der Waals surface area contributed by atoms with E-state index in [0.717, 1.165) is 30.5 Å². The molecule has 1 saturated carbocycles. The van der Waals surface area contributed by atoms with Gasteiger partial charge in [-0.15, -0.1) is 0 Å². The van der Waals surface area contributed by atoms with E-state index in [-0.39, 0.29) is 36.1 Å². The molecule has 32 heavy (non-hydrogen) atoms. The highest BCUT2D eigenvalue weighted by molar-refractivity contribution is 7.89. The zero-order valence-corrected chi connectivity index (χ0v) is 19.6. The minimum Gasteiger partial charge on any atom is -0.497 e. The van der Waals surface area contributed by atoms with Crippen molar-refractivity contribution in [2.24, 2.45) is 0 Å². The van der Waals surface area contributed by atoms with Crippen LogP contribution >= 0.6 is 0 Å². The van der Waals surface area contributed by atoms with Crippen molar-refractivity contribution in [3.05, 3.63) is 53.3 Å². The van der Waals surface area contributed by atoms with Crippen molar-refractivity contribution in [1.82, 2.24) is 9.21 Å². The Bertz CT molecular complexity index is 1080. The number of carbonyl (C=O) groups excluding carboxylic acids is 1. The summed E-state index contributed by atoms with van der Waals surface area (Å²) in [5, 5.41) is 0. The largest absolute Gasteiger partial charge is 0.497 e. The number of methoxy groups -OCH3 is 2. The van der Waals surface area contributed by atoms with Crippen molar-refractivity contribution < 1.29 is 27.1 Å². The van der Waals surface area contributed by atoms with E-state index >= 15 is 0 Å². The van der Waals surface area contributed by atoms with Gasteiger partial charge in [0.25, 0.3) is 5.91 Å². The molecule has 0 aromatic heterocycles. The van der Waals surface area contributed by atoms with Crippen molar-refractivity contribution in [3.8, 4) is 11.5 Å². The number of amides is 1. The Balaban J connectivity index is 1.98. The molecule has 2 aromatic rings. The summed E-state index contributed by atoms with van der Waals surface area (Å²) in [5.74, 6) is -0.103. The molecule has 0 unspecified atom stereocenters. The van der Waals surface area contributed by atoms with Gasteiger partial charge in [0, 0.05) is 24.7 Å². The van der Waals surface area contributed by atoms with Crippen LogP contribution in [0.1, 0.15) is 42.6 Å². The number of hydrogen-bond donors (Lipinski definition) is 0. The van der Waals surface area contributed by atoms with Crippen LogP contribution in [0.15, 0.2) is 41.3 Å². The van der Waals surface area contributed by atoms with Crippen LogP contribution in [0.4, 0.5) is 4.39 Å². The summed E-state index contributed by atoms with van der Waals surface area (Å²) in [6, 6.07) is 8.63. The first-order valence-corrected chi connectivity index (χ1v) is 12.0. The lowest BCUT2D eigenvalue weighted by Crippen LogP contribution is -2.34. The van der Waals surface area contributed by atoms with E-state index in [2.05, 4.69) is 0 Å². The van der Waals surface area contributed by atoms with Gasteiger partial charge in [-0.25, -0.2) is 12.8 Å². The van der Waals surface area contributed by atoms with Gasteiger partial charge in [-0.3, -0.25) is 4.79 Å².